The molecule has 2 aliphatic rings. The average molecular weight is 227 g/mol. The van der Waals surface area contributed by atoms with Crippen LogP contribution < -0.4 is 0 Å². The minimum atomic E-state index is -0.0767. The topological polar surface area (TPSA) is 32.7 Å². The summed E-state index contributed by atoms with van der Waals surface area (Å²) in [5, 5.41) is 9.53. The lowest BCUT2D eigenvalue weighted by Gasteiger charge is -2.32. The number of β-amino-alcohol motifs (C(OH)–C–C–N with tert-alkyl or cyclic N) is 1. The Morgan fingerprint density at radius 2 is 2.06 bits per heavy atom. The number of nitrogens with zero attached hydrogens (tertiary/aromatic N) is 1. The minimum absolute atomic E-state index is 0.0767. The number of aliphatic hydroxyl groups excluding tert-OH is 1. The van der Waals surface area contributed by atoms with Crippen LogP contribution >= 0.6 is 0 Å². The minimum Gasteiger partial charge on any atom is -0.392 e. The molecule has 1 unspecified atom stereocenters. The van der Waals surface area contributed by atoms with Gasteiger partial charge in [-0.3, -0.25) is 0 Å². The Labute approximate surface area is 98.8 Å². The van der Waals surface area contributed by atoms with Gasteiger partial charge < -0.3 is 14.7 Å². The van der Waals surface area contributed by atoms with Gasteiger partial charge in [0, 0.05) is 32.8 Å². The molecule has 2 heterocycles. The number of rotatable bonds is 4. The van der Waals surface area contributed by atoms with Crippen LogP contribution in [0.2, 0.25) is 0 Å². The fraction of sp³-hybridized carbons (Fsp3) is 1.00. The third-order valence-corrected chi connectivity index (χ3v) is 4.20. The van der Waals surface area contributed by atoms with E-state index in [0.29, 0.717) is 0 Å². The maximum atomic E-state index is 9.53. The van der Waals surface area contributed by atoms with Crippen LogP contribution in [0, 0.1) is 11.8 Å². The van der Waals surface area contributed by atoms with E-state index >= 15 is 0 Å². The van der Waals surface area contributed by atoms with Crippen molar-refractivity contribution in [3.63, 3.8) is 0 Å². The van der Waals surface area contributed by atoms with Crippen molar-refractivity contribution in [1.29, 1.82) is 0 Å². The molecule has 2 aliphatic heterocycles. The zero-order valence-corrected chi connectivity index (χ0v) is 10.4. The highest BCUT2D eigenvalue weighted by Gasteiger charge is 2.27. The van der Waals surface area contributed by atoms with Gasteiger partial charge in [0.15, 0.2) is 0 Å². The van der Waals surface area contributed by atoms with Crippen LogP contribution in [0.1, 0.15) is 32.6 Å². The molecule has 2 fully saturated rings. The summed E-state index contributed by atoms with van der Waals surface area (Å²) in [6.07, 6.45) is 4.61. The summed E-state index contributed by atoms with van der Waals surface area (Å²) >= 11 is 0. The van der Waals surface area contributed by atoms with Crippen LogP contribution in [-0.2, 0) is 4.74 Å². The second-order valence-electron chi connectivity index (χ2n) is 5.32. The van der Waals surface area contributed by atoms with Gasteiger partial charge in [0.2, 0.25) is 0 Å². The summed E-state index contributed by atoms with van der Waals surface area (Å²) in [7, 11) is 0. The van der Waals surface area contributed by atoms with Crippen LogP contribution in [-0.4, -0.2) is 49.0 Å². The first-order chi connectivity index (χ1) is 7.79. The molecule has 0 amide bonds. The predicted molar refractivity (Wildman–Crippen MR) is 64.4 cm³/mol. The molecule has 0 saturated carbocycles. The van der Waals surface area contributed by atoms with E-state index in [2.05, 4.69) is 11.8 Å². The van der Waals surface area contributed by atoms with E-state index in [1.165, 1.54) is 25.8 Å². The molecule has 3 nitrogen and oxygen atoms in total. The normalized spacial score (nSPS) is 30.8. The van der Waals surface area contributed by atoms with Crippen LogP contribution in [0.5, 0.6) is 0 Å². The maximum Gasteiger partial charge on any atom is 0.0679 e. The largest absolute Gasteiger partial charge is 0.392 e. The molecule has 2 saturated heterocycles. The number of likely N-dealkylation sites (tertiary alicyclic amines) is 1. The Balaban J connectivity index is 1.80. The second-order valence-corrected chi connectivity index (χ2v) is 5.32. The number of hydrogen-bond donors (Lipinski definition) is 1. The molecule has 16 heavy (non-hydrogen) atoms. The van der Waals surface area contributed by atoms with E-state index in [1.54, 1.807) is 0 Å². The molecule has 0 radical (unpaired) electrons. The zero-order chi connectivity index (χ0) is 11.4. The Hall–Kier alpha value is -0.120. The highest BCUT2D eigenvalue weighted by molar-refractivity contribution is 4.80. The molecule has 2 atom stereocenters. The van der Waals surface area contributed by atoms with Gasteiger partial charge in [-0.25, -0.2) is 0 Å². The third kappa shape index (κ3) is 3.19. The van der Waals surface area contributed by atoms with Crippen molar-refractivity contribution in [2.45, 2.75) is 38.7 Å². The standard InChI is InChI=1S/C13H25NO2/c1-2-11(12-4-7-16-8-5-12)9-14-6-3-13(15)10-14/h11-13,15H,2-10H2,1H3/t11?,13-/m0/s1. The third-order valence-electron chi connectivity index (χ3n) is 4.20. The van der Waals surface area contributed by atoms with Gasteiger partial charge in [-0.1, -0.05) is 13.3 Å². The van der Waals surface area contributed by atoms with Crippen molar-refractivity contribution in [3.8, 4) is 0 Å². The summed E-state index contributed by atoms with van der Waals surface area (Å²) in [5.41, 5.74) is 0. The van der Waals surface area contributed by atoms with Gasteiger partial charge >= 0.3 is 0 Å². The summed E-state index contributed by atoms with van der Waals surface area (Å²) in [4.78, 5) is 2.44. The fourth-order valence-corrected chi connectivity index (χ4v) is 3.11. The first-order valence-electron chi connectivity index (χ1n) is 6.77. The van der Waals surface area contributed by atoms with Gasteiger partial charge in [0.1, 0.15) is 0 Å². The Morgan fingerprint density at radius 3 is 2.62 bits per heavy atom. The fourth-order valence-electron chi connectivity index (χ4n) is 3.11. The smallest absolute Gasteiger partial charge is 0.0679 e. The zero-order valence-electron chi connectivity index (χ0n) is 10.4. The number of ether oxygens (including phenoxy) is 1. The van der Waals surface area contributed by atoms with Crippen molar-refractivity contribution in [1.82, 2.24) is 4.90 Å². The van der Waals surface area contributed by atoms with Gasteiger partial charge in [0.25, 0.3) is 0 Å². The molecule has 3 heteroatoms. The lowest BCUT2D eigenvalue weighted by molar-refractivity contribution is 0.0380. The van der Waals surface area contributed by atoms with E-state index in [-0.39, 0.29) is 6.10 Å². The SMILES string of the molecule is CCC(CN1CC[C@H](O)C1)C1CCOCC1. The van der Waals surface area contributed by atoms with Crippen molar-refractivity contribution in [2.24, 2.45) is 11.8 Å². The van der Waals surface area contributed by atoms with Crippen LogP contribution in [0.25, 0.3) is 0 Å². The molecule has 94 valence electrons. The highest BCUT2D eigenvalue weighted by atomic mass is 16.5. The molecule has 0 aromatic heterocycles. The van der Waals surface area contributed by atoms with Crippen molar-refractivity contribution < 1.29 is 9.84 Å². The molecule has 0 spiro atoms. The molecule has 2 rings (SSSR count). The molecule has 0 aromatic carbocycles. The Kier molecular flexibility index (Phi) is 4.62. The van der Waals surface area contributed by atoms with Crippen LogP contribution in [0.3, 0.4) is 0 Å². The van der Waals surface area contributed by atoms with Crippen molar-refractivity contribution in [3.05, 3.63) is 0 Å². The highest BCUT2D eigenvalue weighted by Crippen LogP contribution is 2.27. The Bertz CT molecular complexity index is 204. The quantitative estimate of drug-likeness (QED) is 0.790. The molecule has 0 bridgehead atoms. The summed E-state index contributed by atoms with van der Waals surface area (Å²) in [6.45, 7) is 7.35. The predicted octanol–water partition coefficient (Wildman–Crippen LogP) is 1.51. The first kappa shape index (κ1) is 12.3. The van der Waals surface area contributed by atoms with Crippen LogP contribution in [0.4, 0.5) is 0 Å². The van der Waals surface area contributed by atoms with E-state index in [9.17, 15) is 5.11 Å². The van der Waals surface area contributed by atoms with Crippen molar-refractivity contribution in [2.75, 3.05) is 32.8 Å². The lowest BCUT2D eigenvalue weighted by atomic mass is 9.84. The van der Waals surface area contributed by atoms with Gasteiger partial charge in [-0.05, 0) is 31.1 Å². The average Bonchev–Trinajstić information content (AvgIpc) is 2.73. The molecular formula is C13H25NO2. The van der Waals surface area contributed by atoms with E-state index in [4.69, 9.17) is 4.74 Å². The number of hydrogen-bond acceptors (Lipinski definition) is 3. The van der Waals surface area contributed by atoms with E-state index in [1.807, 2.05) is 0 Å². The monoisotopic (exact) mass is 227 g/mol. The number of aliphatic hydroxyl groups is 1. The first-order valence-corrected chi connectivity index (χ1v) is 6.77. The summed E-state index contributed by atoms with van der Waals surface area (Å²) in [5.74, 6) is 1.64. The lowest BCUT2D eigenvalue weighted by Crippen LogP contribution is -2.34. The van der Waals surface area contributed by atoms with Crippen molar-refractivity contribution >= 4 is 0 Å². The molecular weight excluding hydrogens is 202 g/mol. The van der Waals surface area contributed by atoms with Gasteiger partial charge in [0.05, 0.1) is 6.10 Å². The van der Waals surface area contributed by atoms with Gasteiger partial charge in [-0.2, -0.15) is 0 Å². The van der Waals surface area contributed by atoms with E-state index < -0.39 is 0 Å². The molecule has 0 aliphatic carbocycles. The maximum absolute atomic E-state index is 9.53. The second kappa shape index (κ2) is 5.99. The van der Waals surface area contributed by atoms with E-state index in [0.717, 1.165) is 44.6 Å². The van der Waals surface area contributed by atoms with Gasteiger partial charge in [-0.15, -0.1) is 0 Å². The summed E-state index contributed by atoms with van der Waals surface area (Å²) < 4.78 is 5.43. The molecule has 0 aromatic rings. The Morgan fingerprint density at radius 1 is 1.31 bits per heavy atom. The van der Waals surface area contributed by atoms with Crippen LogP contribution in [0.15, 0.2) is 0 Å². The molecule has 1 N–H and O–H groups in total. The summed E-state index contributed by atoms with van der Waals surface area (Å²) in [6, 6.07) is 0.